The number of ether oxygens (including phenoxy) is 1. The molecule has 4 nitrogen and oxygen atoms in total. The van der Waals surface area contributed by atoms with Crippen LogP contribution in [0.5, 0.6) is 0 Å². The monoisotopic (exact) mass is 146 g/mol. The van der Waals surface area contributed by atoms with Crippen molar-refractivity contribution in [2.24, 2.45) is 0 Å². The fourth-order valence-electron chi connectivity index (χ4n) is 1.00. The van der Waals surface area contributed by atoms with Gasteiger partial charge in [0, 0.05) is 6.61 Å². The van der Waals surface area contributed by atoms with E-state index in [1.807, 2.05) is 0 Å². The van der Waals surface area contributed by atoms with E-state index in [-0.39, 0.29) is 6.42 Å². The van der Waals surface area contributed by atoms with Crippen LogP contribution in [0.3, 0.4) is 0 Å². The van der Waals surface area contributed by atoms with Crippen molar-refractivity contribution in [1.29, 1.82) is 0 Å². The fraction of sp³-hybridized carbons (Fsp3) is 0.833. The molecule has 1 aliphatic rings. The first-order chi connectivity index (χ1) is 4.70. The van der Waals surface area contributed by atoms with Crippen molar-refractivity contribution in [2.45, 2.75) is 25.0 Å². The second-order valence-electron chi connectivity index (χ2n) is 2.36. The quantitative estimate of drug-likeness (QED) is 0.556. The summed E-state index contributed by atoms with van der Waals surface area (Å²) in [6.07, 6.45) is -0.618. The largest absolute Gasteiger partial charge is 0.481 e. The lowest BCUT2D eigenvalue weighted by Crippen LogP contribution is -2.23. The highest BCUT2D eigenvalue weighted by Gasteiger charge is 2.27. The van der Waals surface area contributed by atoms with Crippen LogP contribution >= 0.6 is 0 Å². The van der Waals surface area contributed by atoms with Crippen molar-refractivity contribution >= 4 is 5.97 Å². The minimum Gasteiger partial charge on any atom is -0.481 e. The molecule has 1 saturated heterocycles. The zero-order chi connectivity index (χ0) is 7.56. The summed E-state index contributed by atoms with van der Waals surface area (Å²) in [6, 6.07) is 0. The maximum absolute atomic E-state index is 10.1. The predicted molar refractivity (Wildman–Crippen MR) is 32.6 cm³/mol. The Morgan fingerprint density at radius 1 is 1.70 bits per heavy atom. The van der Waals surface area contributed by atoms with Gasteiger partial charge >= 0.3 is 5.97 Å². The molecule has 0 saturated carbocycles. The molecule has 1 rings (SSSR count). The molecule has 58 valence electrons. The second-order valence-corrected chi connectivity index (χ2v) is 2.36. The summed E-state index contributed by atoms with van der Waals surface area (Å²) >= 11 is 0. The van der Waals surface area contributed by atoms with Crippen LogP contribution in [0.25, 0.3) is 0 Å². The van der Waals surface area contributed by atoms with Crippen LogP contribution in [-0.4, -0.2) is 35.0 Å². The number of carbonyl (C=O) groups is 1. The standard InChI is InChI=1S/C6H10O4/c7-4-1-2-10-5(4)3-6(8)9/h4-5,7H,1-3H2,(H,8,9). The lowest BCUT2D eigenvalue weighted by molar-refractivity contribution is -0.140. The maximum atomic E-state index is 10.1. The summed E-state index contributed by atoms with van der Waals surface area (Å²) in [5.74, 6) is -0.925. The summed E-state index contributed by atoms with van der Waals surface area (Å²) in [7, 11) is 0. The highest BCUT2D eigenvalue weighted by molar-refractivity contribution is 5.67. The Kier molecular flexibility index (Phi) is 2.24. The average molecular weight is 146 g/mol. The van der Waals surface area contributed by atoms with Crippen molar-refractivity contribution in [3.8, 4) is 0 Å². The van der Waals surface area contributed by atoms with Crippen LogP contribution < -0.4 is 0 Å². The number of rotatable bonds is 2. The van der Waals surface area contributed by atoms with Crippen LogP contribution in [0.2, 0.25) is 0 Å². The molecule has 0 radical (unpaired) electrons. The molecule has 0 aromatic carbocycles. The third-order valence-electron chi connectivity index (χ3n) is 1.55. The Labute approximate surface area is 58.4 Å². The Morgan fingerprint density at radius 3 is 2.80 bits per heavy atom. The van der Waals surface area contributed by atoms with Gasteiger partial charge in [0.2, 0.25) is 0 Å². The summed E-state index contributed by atoms with van der Waals surface area (Å²) in [5.41, 5.74) is 0. The van der Waals surface area contributed by atoms with E-state index >= 15 is 0 Å². The van der Waals surface area contributed by atoms with Crippen LogP contribution in [0.15, 0.2) is 0 Å². The van der Waals surface area contributed by atoms with Gasteiger partial charge in [0.15, 0.2) is 0 Å². The van der Waals surface area contributed by atoms with E-state index < -0.39 is 18.2 Å². The smallest absolute Gasteiger partial charge is 0.306 e. The van der Waals surface area contributed by atoms with Gasteiger partial charge in [-0.2, -0.15) is 0 Å². The second kappa shape index (κ2) is 2.98. The van der Waals surface area contributed by atoms with E-state index in [2.05, 4.69) is 0 Å². The molecule has 2 N–H and O–H groups in total. The van der Waals surface area contributed by atoms with Gasteiger partial charge in [0.1, 0.15) is 0 Å². The number of aliphatic hydroxyl groups is 1. The lowest BCUT2D eigenvalue weighted by atomic mass is 10.1. The number of carboxylic acids is 1. The molecule has 2 atom stereocenters. The van der Waals surface area contributed by atoms with Gasteiger partial charge in [-0.05, 0) is 6.42 Å². The number of aliphatic carboxylic acids is 1. The van der Waals surface area contributed by atoms with E-state index in [9.17, 15) is 4.79 Å². The van der Waals surface area contributed by atoms with Crippen LogP contribution in [0.4, 0.5) is 0 Å². The molecular weight excluding hydrogens is 136 g/mol. The Morgan fingerprint density at radius 2 is 2.40 bits per heavy atom. The Bertz CT molecular complexity index is 134. The van der Waals surface area contributed by atoms with Crippen LogP contribution in [-0.2, 0) is 9.53 Å². The molecule has 0 aromatic rings. The van der Waals surface area contributed by atoms with Crippen molar-refractivity contribution in [3.05, 3.63) is 0 Å². The maximum Gasteiger partial charge on any atom is 0.306 e. The molecule has 1 heterocycles. The predicted octanol–water partition coefficient (Wildman–Crippen LogP) is -0.389. The van der Waals surface area contributed by atoms with Crippen molar-refractivity contribution < 1.29 is 19.7 Å². The SMILES string of the molecule is O=C(O)CC1OCCC1O. The Hall–Kier alpha value is -0.610. The van der Waals surface area contributed by atoms with Crippen molar-refractivity contribution in [2.75, 3.05) is 6.61 Å². The number of aliphatic hydroxyl groups excluding tert-OH is 1. The van der Waals surface area contributed by atoms with Crippen molar-refractivity contribution in [3.63, 3.8) is 0 Å². The molecule has 0 aromatic heterocycles. The molecule has 0 spiro atoms. The van der Waals surface area contributed by atoms with E-state index in [0.717, 1.165) is 0 Å². The topological polar surface area (TPSA) is 66.8 Å². The average Bonchev–Trinajstić information content (AvgIpc) is 2.15. The molecule has 10 heavy (non-hydrogen) atoms. The summed E-state index contributed by atoms with van der Waals surface area (Å²) in [6.45, 7) is 0.471. The van der Waals surface area contributed by atoms with E-state index in [1.165, 1.54) is 0 Å². The van der Waals surface area contributed by atoms with E-state index in [0.29, 0.717) is 13.0 Å². The van der Waals surface area contributed by atoms with Gasteiger partial charge in [-0.15, -0.1) is 0 Å². The molecule has 2 unspecified atom stereocenters. The molecule has 1 aliphatic heterocycles. The summed E-state index contributed by atoms with van der Waals surface area (Å²) in [5, 5.41) is 17.4. The van der Waals surface area contributed by atoms with Crippen LogP contribution in [0, 0.1) is 0 Å². The van der Waals surface area contributed by atoms with Gasteiger partial charge in [0.25, 0.3) is 0 Å². The number of hydrogen-bond acceptors (Lipinski definition) is 3. The minimum absolute atomic E-state index is 0.0961. The molecule has 0 aliphatic carbocycles. The first-order valence-electron chi connectivity index (χ1n) is 3.21. The van der Waals surface area contributed by atoms with Gasteiger partial charge < -0.3 is 14.9 Å². The van der Waals surface area contributed by atoms with Gasteiger partial charge in [0.05, 0.1) is 18.6 Å². The molecule has 0 bridgehead atoms. The zero-order valence-electron chi connectivity index (χ0n) is 5.49. The van der Waals surface area contributed by atoms with Gasteiger partial charge in [-0.25, -0.2) is 0 Å². The fourth-order valence-corrected chi connectivity index (χ4v) is 1.00. The highest BCUT2D eigenvalue weighted by atomic mass is 16.5. The van der Waals surface area contributed by atoms with Crippen LogP contribution in [0.1, 0.15) is 12.8 Å². The Balaban J connectivity index is 2.33. The normalized spacial score (nSPS) is 32.5. The van der Waals surface area contributed by atoms with Gasteiger partial charge in [-0.3, -0.25) is 4.79 Å². The van der Waals surface area contributed by atoms with E-state index in [1.54, 1.807) is 0 Å². The zero-order valence-corrected chi connectivity index (χ0v) is 5.49. The molecular formula is C6H10O4. The number of hydrogen-bond donors (Lipinski definition) is 2. The minimum atomic E-state index is -0.925. The summed E-state index contributed by atoms with van der Waals surface area (Å²) < 4.78 is 4.95. The molecule has 0 amide bonds. The van der Waals surface area contributed by atoms with E-state index in [4.69, 9.17) is 14.9 Å². The lowest BCUT2D eigenvalue weighted by Gasteiger charge is -2.09. The highest BCUT2D eigenvalue weighted by Crippen LogP contribution is 2.15. The third kappa shape index (κ3) is 1.68. The summed E-state index contributed by atoms with van der Waals surface area (Å²) in [4.78, 5) is 10.1. The first kappa shape index (κ1) is 7.50. The number of carboxylic acid groups (broad SMARTS) is 1. The first-order valence-corrected chi connectivity index (χ1v) is 3.21. The van der Waals surface area contributed by atoms with Gasteiger partial charge in [-0.1, -0.05) is 0 Å². The molecule has 1 fully saturated rings. The third-order valence-corrected chi connectivity index (χ3v) is 1.55. The van der Waals surface area contributed by atoms with Crippen molar-refractivity contribution in [1.82, 2.24) is 0 Å². The molecule has 4 heteroatoms.